The van der Waals surface area contributed by atoms with Gasteiger partial charge in [0.05, 0.1) is 19.8 Å². The molecular formula is C53H94O9. The van der Waals surface area contributed by atoms with Crippen LogP contribution in [-0.4, -0.2) is 89.6 Å². The van der Waals surface area contributed by atoms with Gasteiger partial charge in [0.2, 0.25) is 0 Å². The van der Waals surface area contributed by atoms with Crippen molar-refractivity contribution in [3.8, 4) is 0 Å². The van der Waals surface area contributed by atoms with Crippen LogP contribution in [-0.2, 0) is 23.7 Å². The van der Waals surface area contributed by atoms with Crippen molar-refractivity contribution in [3.05, 3.63) is 60.8 Å². The van der Waals surface area contributed by atoms with Crippen molar-refractivity contribution in [2.75, 3.05) is 26.4 Å². The van der Waals surface area contributed by atoms with E-state index in [0.29, 0.717) is 13.0 Å². The molecule has 0 amide bonds. The van der Waals surface area contributed by atoms with Crippen LogP contribution in [0.4, 0.5) is 0 Å². The Morgan fingerprint density at radius 3 is 1.48 bits per heavy atom. The minimum atomic E-state index is -1.54. The van der Waals surface area contributed by atoms with Crippen molar-refractivity contribution >= 4 is 5.97 Å². The molecule has 0 radical (unpaired) electrons. The smallest absolute Gasteiger partial charge is 0.306 e. The largest absolute Gasteiger partial charge is 0.457 e. The molecule has 62 heavy (non-hydrogen) atoms. The summed E-state index contributed by atoms with van der Waals surface area (Å²) in [6, 6.07) is 0. The highest BCUT2D eigenvalue weighted by molar-refractivity contribution is 5.69. The summed E-state index contributed by atoms with van der Waals surface area (Å²) in [5, 5.41) is 40.2. The zero-order valence-electron chi connectivity index (χ0n) is 39.6. The van der Waals surface area contributed by atoms with Crippen molar-refractivity contribution < 1.29 is 44.2 Å². The first-order chi connectivity index (χ1) is 30.4. The van der Waals surface area contributed by atoms with E-state index < -0.39 is 43.4 Å². The fourth-order valence-electron chi connectivity index (χ4n) is 7.52. The average molecular weight is 875 g/mol. The molecule has 6 unspecified atom stereocenters. The number of rotatable bonds is 43. The summed E-state index contributed by atoms with van der Waals surface area (Å²) in [6.45, 7) is 4.44. The number of hydrogen-bond acceptors (Lipinski definition) is 9. The molecule has 0 aromatic rings. The van der Waals surface area contributed by atoms with Gasteiger partial charge in [-0.25, -0.2) is 0 Å². The molecule has 0 aromatic carbocycles. The van der Waals surface area contributed by atoms with E-state index in [1.807, 2.05) is 0 Å². The lowest BCUT2D eigenvalue weighted by Crippen LogP contribution is -2.59. The Labute approximate surface area is 379 Å². The number of carbonyl (C=O) groups is 1. The highest BCUT2D eigenvalue weighted by atomic mass is 16.7. The Morgan fingerprint density at radius 1 is 0.532 bits per heavy atom. The number of esters is 1. The van der Waals surface area contributed by atoms with Crippen LogP contribution in [0.15, 0.2) is 60.8 Å². The Hall–Kier alpha value is -2.11. The molecule has 6 atom stereocenters. The van der Waals surface area contributed by atoms with Crippen LogP contribution in [0.3, 0.4) is 0 Å². The van der Waals surface area contributed by atoms with Gasteiger partial charge >= 0.3 is 5.97 Å². The summed E-state index contributed by atoms with van der Waals surface area (Å²) in [5.74, 6) is -0.315. The molecular weight excluding hydrogens is 781 g/mol. The van der Waals surface area contributed by atoms with E-state index in [0.717, 1.165) is 64.2 Å². The van der Waals surface area contributed by atoms with Crippen LogP contribution >= 0.6 is 0 Å². The van der Waals surface area contributed by atoms with Gasteiger partial charge in [0.1, 0.15) is 30.5 Å². The van der Waals surface area contributed by atoms with E-state index >= 15 is 0 Å². The lowest BCUT2D eigenvalue weighted by Gasteiger charge is -2.39. The lowest BCUT2D eigenvalue weighted by molar-refractivity contribution is -0.305. The van der Waals surface area contributed by atoms with Gasteiger partial charge in [-0.05, 0) is 57.8 Å². The summed E-state index contributed by atoms with van der Waals surface area (Å²) in [4.78, 5) is 12.8. The maximum absolute atomic E-state index is 12.8. The first-order valence-corrected chi connectivity index (χ1v) is 25.4. The zero-order chi connectivity index (χ0) is 45.0. The number of ether oxygens (including phenoxy) is 4. The molecule has 0 saturated carbocycles. The minimum Gasteiger partial charge on any atom is -0.457 e. The third kappa shape index (κ3) is 34.3. The van der Waals surface area contributed by atoms with E-state index in [1.54, 1.807) is 0 Å². The Kier molecular flexibility index (Phi) is 41.2. The molecule has 1 rings (SSSR count). The molecule has 9 heteroatoms. The van der Waals surface area contributed by atoms with Crippen LogP contribution in [0.1, 0.15) is 206 Å². The van der Waals surface area contributed by atoms with E-state index in [1.165, 1.54) is 122 Å². The van der Waals surface area contributed by atoms with Crippen molar-refractivity contribution in [1.82, 2.24) is 0 Å². The van der Waals surface area contributed by atoms with Gasteiger partial charge in [-0.15, -0.1) is 0 Å². The van der Waals surface area contributed by atoms with Gasteiger partial charge in [-0.1, -0.05) is 203 Å². The molecule has 0 aliphatic carbocycles. The first-order valence-electron chi connectivity index (χ1n) is 25.4. The van der Waals surface area contributed by atoms with Gasteiger partial charge in [0, 0.05) is 13.0 Å². The van der Waals surface area contributed by atoms with Crippen LogP contribution in [0.2, 0.25) is 0 Å². The highest BCUT2D eigenvalue weighted by Gasteiger charge is 2.44. The summed E-state index contributed by atoms with van der Waals surface area (Å²) in [7, 11) is 0. The van der Waals surface area contributed by atoms with Crippen LogP contribution < -0.4 is 0 Å². The maximum Gasteiger partial charge on any atom is 0.306 e. The minimum absolute atomic E-state index is 0.115. The van der Waals surface area contributed by atoms with Crippen LogP contribution in [0, 0.1) is 0 Å². The molecule has 0 spiro atoms. The molecule has 360 valence electrons. The fourth-order valence-corrected chi connectivity index (χ4v) is 7.52. The number of allylic oxidation sites excluding steroid dienone is 10. The second-order valence-electron chi connectivity index (χ2n) is 17.2. The standard InChI is InChI=1S/C53H94O9/c1-3-5-7-9-11-13-15-17-18-19-20-21-22-23-24-25-26-27-28-29-31-33-35-37-39-41-43-59-45-47(46-60-53-52(58)51(57)50(56)48(44-54)62-53)61-49(55)42-40-38-36-34-32-30-16-14-12-10-8-6-4-2/h5,7,11,13,17-18,20-21,23-24,47-48,50-54,56-58H,3-4,6,8-10,12,14-16,19,22,25-46H2,1-2H3/b7-5-,13-11-,18-17-,21-20-,24-23-. The van der Waals surface area contributed by atoms with Crippen LogP contribution in [0.5, 0.6) is 0 Å². The molecule has 0 bridgehead atoms. The molecule has 1 aliphatic rings. The topological polar surface area (TPSA) is 135 Å². The van der Waals surface area contributed by atoms with Gasteiger partial charge in [0.15, 0.2) is 6.29 Å². The maximum atomic E-state index is 12.8. The second kappa shape index (κ2) is 44.1. The molecule has 1 heterocycles. The molecule has 1 saturated heterocycles. The lowest BCUT2D eigenvalue weighted by atomic mass is 9.99. The van der Waals surface area contributed by atoms with E-state index in [-0.39, 0.29) is 19.2 Å². The summed E-state index contributed by atoms with van der Waals surface area (Å²) in [6.07, 6.45) is 49.7. The first kappa shape index (κ1) is 57.9. The average Bonchev–Trinajstić information content (AvgIpc) is 3.27. The predicted molar refractivity (Wildman–Crippen MR) is 256 cm³/mol. The molecule has 9 nitrogen and oxygen atoms in total. The monoisotopic (exact) mass is 875 g/mol. The van der Waals surface area contributed by atoms with Crippen molar-refractivity contribution in [2.24, 2.45) is 0 Å². The van der Waals surface area contributed by atoms with Gasteiger partial charge in [-0.2, -0.15) is 0 Å². The number of hydrogen-bond donors (Lipinski definition) is 4. The number of aliphatic hydroxyl groups is 4. The normalized spacial score (nSPS) is 20.3. The van der Waals surface area contributed by atoms with E-state index in [2.05, 4.69) is 74.6 Å². The van der Waals surface area contributed by atoms with E-state index in [9.17, 15) is 25.2 Å². The zero-order valence-corrected chi connectivity index (χ0v) is 39.6. The third-order valence-corrected chi connectivity index (χ3v) is 11.4. The summed E-state index contributed by atoms with van der Waals surface area (Å²) >= 11 is 0. The Morgan fingerprint density at radius 2 is 0.984 bits per heavy atom. The summed E-state index contributed by atoms with van der Waals surface area (Å²) in [5.41, 5.74) is 0. The van der Waals surface area contributed by atoms with Gasteiger partial charge in [-0.3, -0.25) is 4.79 Å². The molecule has 4 N–H and O–H groups in total. The van der Waals surface area contributed by atoms with Crippen LogP contribution in [0.25, 0.3) is 0 Å². The van der Waals surface area contributed by atoms with E-state index in [4.69, 9.17) is 18.9 Å². The third-order valence-electron chi connectivity index (χ3n) is 11.4. The fraction of sp³-hybridized carbons (Fsp3) is 0.792. The predicted octanol–water partition coefficient (Wildman–Crippen LogP) is 12.3. The SMILES string of the molecule is CC/C=C\C/C=C\C/C=C\C/C=C\C/C=C\CCCCCCCCCCCCOCC(COC1OC(CO)C(O)C(O)C1O)OC(=O)CCCCCCCCCCCCCCC. The highest BCUT2D eigenvalue weighted by Crippen LogP contribution is 2.23. The van der Waals surface area contributed by atoms with Crippen molar-refractivity contribution in [3.63, 3.8) is 0 Å². The molecule has 1 aliphatic heterocycles. The Balaban J connectivity index is 2.17. The van der Waals surface area contributed by atoms with Gasteiger partial charge < -0.3 is 39.4 Å². The molecule has 0 aromatic heterocycles. The molecule has 1 fully saturated rings. The van der Waals surface area contributed by atoms with Gasteiger partial charge in [0.25, 0.3) is 0 Å². The number of aliphatic hydroxyl groups excluding tert-OH is 4. The van der Waals surface area contributed by atoms with Crippen molar-refractivity contribution in [2.45, 2.75) is 243 Å². The second-order valence-corrected chi connectivity index (χ2v) is 17.2. The Bertz CT molecular complexity index is 1130. The quantitative estimate of drug-likeness (QED) is 0.0268. The summed E-state index contributed by atoms with van der Waals surface area (Å²) < 4.78 is 22.9. The van der Waals surface area contributed by atoms with Crippen molar-refractivity contribution in [1.29, 1.82) is 0 Å². The number of unbranched alkanes of at least 4 members (excludes halogenated alkanes) is 22. The number of carbonyl (C=O) groups excluding carboxylic acids is 1.